The predicted molar refractivity (Wildman–Crippen MR) is 125 cm³/mol. The molecule has 0 spiro atoms. The second-order valence-electron chi connectivity index (χ2n) is 9.03. The van der Waals surface area contributed by atoms with E-state index in [1.54, 1.807) is 18.3 Å². The van der Waals surface area contributed by atoms with Crippen LogP contribution in [-0.4, -0.2) is 54.9 Å². The lowest BCUT2D eigenvalue weighted by Crippen LogP contribution is -2.37. The van der Waals surface area contributed by atoms with Gasteiger partial charge in [0.05, 0.1) is 5.69 Å². The number of piperidine rings is 2. The molecule has 2 aliphatic heterocycles. The largest absolute Gasteiger partial charge is 0.573 e. The van der Waals surface area contributed by atoms with Gasteiger partial charge in [-0.05, 0) is 88.0 Å². The summed E-state index contributed by atoms with van der Waals surface area (Å²) < 4.78 is 41.5. The fourth-order valence-corrected chi connectivity index (χ4v) is 4.76. The van der Waals surface area contributed by atoms with E-state index in [1.165, 1.54) is 57.5 Å². The molecule has 2 aromatic rings. The lowest BCUT2D eigenvalue weighted by Gasteiger charge is -2.35. The average Bonchev–Trinajstić information content (AvgIpc) is 2.83. The Morgan fingerprint density at radius 3 is 2.56 bits per heavy atom. The first-order valence-electron chi connectivity index (χ1n) is 12.0. The number of ether oxygens (including phenoxy) is 1. The van der Waals surface area contributed by atoms with E-state index in [-0.39, 0.29) is 5.56 Å². The molecule has 3 heterocycles. The molecule has 1 aromatic heterocycles. The van der Waals surface area contributed by atoms with Crippen LogP contribution in [0.5, 0.6) is 5.75 Å². The van der Waals surface area contributed by atoms with Crippen molar-refractivity contribution in [2.24, 2.45) is 5.92 Å². The Balaban J connectivity index is 1.34. The molecule has 1 amide bonds. The van der Waals surface area contributed by atoms with Crippen LogP contribution in [0.25, 0.3) is 0 Å². The summed E-state index contributed by atoms with van der Waals surface area (Å²) in [5, 5.41) is 2.81. The summed E-state index contributed by atoms with van der Waals surface area (Å²) in [5.41, 5.74) is 0.620. The van der Waals surface area contributed by atoms with E-state index in [4.69, 9.17) is 0 Å². The second kappa shape index (κ2) is 11.1. The maximum absolute atomic E-state index is 12.8. The van der Waals surface area contributed by atoms with Crippen LogP contribution in [0, 0.1) is 5.92 Å². The highest BCUT2D eigenvalue weighted by molar-refractivity contribution is 6.05. The van der Waals surface area contributed by atoms with Gasteiger partial charge in [-0.25, -0.2) is 4.98 Å². The standard InChI is InChI=1S/C25H31F3N4O2/c26-25(27,28)34-21-7-4-6-20(18-21)24(33)30-22-8-5-12-29-23(22)32-16-10-19(11-17-32)9-15-31-13-2-1-3-14-31/h4-8,12,18-19H,1-3,9-11,13-17H2,(H,30,33). The highest BCUT2D eigenvalue weighted by atomic mass is 19.4. The molecule has 2 saturated heterocycles. The highest BCUT2D eigenvalue weighted by Crippen LogP contribution is 2.30. The zero-order valence-electron chi connectivity index (χ0n) is 19.2. The van der Waals surface area contributed by atoms with Gasteiger partial charge < -0.3 is 19.9 Å². The van der Waals surface area contributed by atoms with Crippen LogP contribution in [-0.2, 0) is 0 Å². The molecule has 34 heavy (non-hydrogen) atoms. The second-order valence-corrected chi connectivity index (χ2v) is 9.03. The molecule has 4 rings (SSSR count). The van der Waals surface area contributed by atoms with E-state index in [0.29, 0.717) is 17.4 Å². The van der Waals surface area contributed by atoms with Crippen molar-refractivity contribution >= 4 is 17.4 Å². The Kier molecular flexibility index (Phi) is 7.92. The SMILES string of the molecule is O=C(Nc1cccnc1N1CCC(CCN2CCCCC2)CC1)c1cccc(OC(F)(F)F)c1. The van der Waals surface area contributed by atoms with Crippen LogP contribution in [0.4, 0.5) is 24.7 Å². The Labute approximate surface area is 198 Å². The minimum Gasteiger partial charge on any atom is -0.406 e. The first kappa shape index (κ1) is 24.3. The molecule has 0 radical (unpaired) electrons. The van der Waals surface area contributed by atoms with Gasteiger partial charge >= 0.3 is 6.36 Å². The maximum atomic E-state index is 12.8. The Bertz CT molecular complexity index is 955. The number of nitrogens with zero attached hydrogens (tertiary/aromatic N) is 3. The van der Waals surface area contributed by atoms with Gasteiger partial charge in [-0.3, -0.25) is 4.79 Å². The number of hydrogen-bond acceptors (Lipinski definition) is 5. The molecule has 2 aliphatic rings. The Morgan fingerprint density at radius 1 is 1.06 bits per heavy atom. The zero-order valence-corrected chi connectivity index (χ0v) is 19.2. The normalized spacial score (nSPS) is 18.0. The number of rotatable bonds is 7. The summed E-state index contributed by atoms with van der Waals surface area (Å²) in [6.45, 7) is 5.34. The molecular formula is C25H31F3N4O2. The molecule has 0 bridgehead atoms. The number of aromatic nitrogens is 1. The van der Waals surface area contributed by atoms with Crippen molar-refractivity contribution in [3.8, 4) is 5.75 Å². The number of amides is 1. The van der Waals surface area contributed by atoms with Gasteiger partial charge in [0.1, 0.15) is 5.75 Å². The summed E-state index contributed by atoms with van der Waals surface area (Å²) in [4.78, 5) is 22.0. The number of alkyl halides is 3. The molecule has 0 atom stereocenters. The summed E-state index contributed by atoms with van der Waals surface area (Å²) in [7, 11) is 0. The lowest BCUT2D eigenvalue weighted by molar-refractivity contribution is -0.274. The molecule has 184 valence electrons. The van der Waals surface area contributed by atoms with Gasteiger partial charge in [0.2, 0.25) is 0 Å². The van der Waals surface area contributed by atoms with Gasteiger partial charge in [-0.1, -0.05) is 12.5 Å². The summed E-state index contributed by atoms with van der Waals surface area (Å²) in [6.07, 6.45) is 4.22. The predicted octanol–water partition coefficient (Wildman–Crippen LogP) is 5.32. The molecule has 0 saturated carbocycles. The van der Waals surface area contributed by atoms with E-state index in [2.05, 4.69) is 24.8 Å². The smallest absolute Gasteiger partial charge is 0.406 e. The molecule has 0 unspecified atom stereocenters. The quantitative estimate of drug-likeness (QED) is 0.586. The molecule has 9 heteroatoms. The number of carbonyl (C=O) groups excluding carboxylic acids is 1. The molecule has 1 N–H and O–H groups in total. The van der Waals surface area contributed by atoms with Crippen LogP contribution >= 0.6 is 0 Å². The van der Waals surface area contributed by atoms with Crippen LogP contribution in [0.1, 0.15) is 48.9 Å². The third-order valence-corrected chi connectivity index (χ3v) is 6.58. The fourth-order valence-electron chi connectivity index (χ4n) is 4.76. The van der Waals surface area contributed by atoms with E-state index >= 15 is 0 Å². The molecular weight excluding hydrogens is 445 g/mol. The van der Waals surface area contributed by atoms with E-state index in [1.807, 2.05) is 0 Å². The third kappa shape index (κ3) is 6.85. The minimum atomic E-state index is -4.81. The van der Waals surface area contributed by atoms with Crippen molar-refractivity contribution < 1.29 is 22.7 Å². The molecule has 0 aliphatic carbocycles. The average molecular weight is 477 g/mol. The van der Waals surface area contributed by atoms with Crippen LogP contribution in [0.15, 0.2) is 42.6 Å². The van der Waals surface area contributed by atoms with Crippen LogP contribution in [0.3, 0.4) is 0 Å². The van der Waals surface area contributed by atoms with Crippen LogP contribution < -0.4 is 15.0 Å². The number of likely N-dealkylation sites (tertiary alicyclic amines) is 1. The van der Waals surface area contributed by atoms with E-state index in [9.17, 15) is 18.0 Å². The van der Waals surface area contributed by atoms with Crippen molar-refractivity contribution in [2.45, 2.75) is 44.9 Å². The Morgan fingerprint density at radius 2 is 1.82 bits per heavy atom. The van der Waals surface area contributed by atoms with E-state index in [0.717, 1.165) is 38.1 Å². The summed E-state index contributed by atoms with van der Waals surface area (Å²) in [6, 6.07) is 8.53. The monoisotopic (exact) mass is 476 g/mol. The highest BCUT2D eigenvalue weighted by Gasteiger charge is 2.31. The fraction of sp³-hybridized carbons (Fsp3) is 0.520. The number of carbonyl (C=O) groups is 1. The van der Waals surface area contributed by atoms with Gasteiger partial charge in [-0.15, -0.1) is 13.2 Å². The first-order chi connectivity index (χ1) is 16.4. The lowest BCUT2D eigenvalue weighted by atomic mass is 9.93. The number of pyridine rings is 1. The molecule has 1 aromatic carbocycles. The number of halogens is 3. The van der Waals surface area contributed by atoms with Gasteiger partial charge in [-0.2, -0.15) is 0 Å². The number of anilines is 2. The van der Waals surface area contributed by atoms with Crippen molar-refractivity contribution in [1.82, 2.24) is 9.88 Å². The van der Waals surface area contributed by atoms with Crippen molar-refractivity contribution in [3.05, 3.63) is 48.2 Å². The van der Waals surface area contributed by atoms with Gasteiger partial charge in [0.15, 0.2) is 5.82 Å². The van der Waals surface area contributed by atoms with E-state index < -0.39 is 18.0 Å². The van der Waals surface area contributed by atoms with Crippen molar-refractivity contribution in [3.63, 3.8) is 0 Å². The zero-order chi connectivity index (χ0) is 24.0. The van der Waals surface area contributed by atoms with Gasteiger partial charge in [0.25, 0.3) is 5.91 Å². The number of nitrogens with one attached hydrogen (secondary N) is 1. The van der Waals surface area contributed by atoms with Crippen LogP contribution in [0.2, 0.25) is 0 Å². The van der Waals surface area contributed by atoms with Crippen molar-refractivity contribution in [2.75, 3.05) is 42.9 Å². The maximum Gasteiger partial charge on any atom is 0.573 e. The molecule has 6 nitrogen and oxygen atoms in total. The number of hydrogen-bond donors (Lipinski definition) is 1. The summed E-state index contributed by atoms with van der Waals surface area (Å²) >= 11 is 0. The Hall–Kier alpha value is -2.81. The van der Waals surface area contributed by atoms with Gasteiger partial charge in [0, 0.05) is 24.8 Å². The third-order valence-electron chi connectivity index (χ3n) is 6.58. The topological polar surface area (TPSA) is 57.7 Å². The summed E-state index contributed by atoms with van der Waals surface area (Å²) in [5.74, 6) is 0.431. The molecule has 2 fully saturated rings. The minimum absolute atomic E-state index is 0.0768. The number of benzene rings is 1. The van der Waals surface area contributed by atoms with Crippen molar-refractivity contribution in [1.29, 1.82) is 0 Å². The first-order valence-corrected chi connectivity index (χ1v) is 12.0.